The fourth-order valence-electron chi connectivity index (χ4n) is 2.37. The van der Waals surface area contributed by atoms with Gasteiger partial charge in [-0.2, -0.15) is 0 Å². The molecule has 2 aromatic rings. The summed E-state index contributed by atoms with van der Waals surface area (Å²) in [5, 5.41) is 4.84. The molecule has 0 unspecified atom stereocenters. The second kappa shape index (κ2) is 8.72. The molecule has 1 fully saturated rings. The van der Waals surface area contributed by atoms with Crippen molar-refractivity contribution in [2.24, 2.45) is 0 Å². The maximum Gasteiger partial charge on any atom is 0.311 e. The van der Waals surface area contributed by atoms with Gasteiger partial charge in [0.1, 0.15) is 6.10 Å². The number of aromatic nitrogens is 2. The molecular weight excluding hydrogens is 358 g/mol. The Hall–Kier alpha value is -2.52. The van der Waals surface area contributed by atoms with Crippen LogP contribution in [0, 0.1) is 0 Å². The highest BCUT2D eigenvalue weighted by molar-refractivity contribution is 7.14. The Kier molecular flexibility index (Phi) is 6.13. The molecule has 9 heteroatoms. The van der Waals surface area contributed by atoms with E-state index >= 15 is 0 Å². The average molecular weight is 377 g/mol. The average Bonchev–Trinajstić information content (AvgIpc) is 3.27. The van der Waals surface area contributed by atoms with Crippen molar-refractivity contribution in [2.45, 2.75) is 25.9 Å². The quantitative estimate of drug-likeness (QED) is 0.737. The molecule has 3 rings (SSSR count). The van der Waals surface area contributed by atoms with Crippen LogP contribution in [-0.2, 0) is 20.7 Å². The molecule has 138 valence electrons. The Bertz CT molecular complexity index is 773. The zero-order valence-corrected chi connectivity index (χ0v) is 15.1. The summed E-state index contributed by atoms with van der Waals surface area (Å²) in [6.45, 7) is 3.27. The monoisotopic (exact) mass is 377 g/mol. The van der Waals surface area contributed by atoms with Gasteiger partial charge in [0.15, 0.2) is 5.13 Å². The van der Waals surface area contributed by atoms with E-state index in [9.17, 15) is 9.59 Å². The van der Waals surface area contributed by atoms with Gasteiger partial charge in [0.05, 0.1) is 31.9 Å². The van der Waals surface area contributed by atoms with Crippen molar-refractivity contribution in [3.8, 4) is 5.88 Å². The van der Waals surface area contributed by atoms with Crippen LogP contribution in [0.15, 0.2) is 23.7 Å². The number of esters is 1. The maximum atomic E-state index is 12.4. The molecule has 0 aromatic carbocycles. The second-order valence-corrected chi connectivity index (χ2v) is 6.42. The first-order chi connectivity index (χ1) is 12.6. The summed E-state index contributed by atoms with van der Waals surface area (Å²) in [5.41, 5.74) is 0.972. The number of hydrogen-bond donors (Lipinski definition) is 1. The normalized spacial score (nSPS) is 16.3. The molecule has 0 radical (unpaired) electrons. The zero-order valence-electron chi connectivity index (χ0n) is 14.3. The van der Waals surface area contributed by atoms with Crippen molar-refractivity contribution in [3.63, 3.8) is 0 Å². The van der Waals surface area contributed by atoms with Crippen molar-refractivity contribution in [3.05, 3.63) is 35.0 Å². The number of thiazole rings is 1. The molecule has 26 heavy (non-hydrogen) atoms. The molecule has 0 saturated carbocycles. The first-order valence-electron chi connectivity index (χ1n) is 8.26. The highest BCUT2D eigenvalue weighted by atomic mass is 32.1. The fourth-order valence-corrected chi connectivity index (χ4v) is 3.07. The largest absolute Gasteiger partial charge is 0.472 e. The van der Waals surface area contributed by atoms with Gasteiger partial charge in [0.25, 0.3) is 5.91 Å². The Morgan fingerprint density at radius 3 is 3.12 bits per heavy atom. The van der Waals surface area contributed by atoms with E-state index in [2.05, 4.69) is 15.3 Å². The van der Waals surface area contributed by atoms with Crippen LogP contribution in [0.25, 0.3) is 0 Å². The predicted molar refractivity (Wildman–Crippen MR) is 94.5 cm³/mol. The highest BCUT2D eigenvalue weighted by Crippen LogP contribution is 2.19. The SMILES string of the molecule is CCOC(=O)Cc1csc(NC(=O)c2ccnc(O[C@@H]3CCOC3)c2)n1. The number of carbonyl (C=O) groups is 2. The Morgan fingerprint density at radius 2 is 2.35 bits per heavy atom. The summed E-state index contributed by atoms with van der Waals surface area (Å²) in [7, 11) is 0. The van der Waals surface area contributed by atoms with E-state index < -0.39 is 0 Å². The molecule has 2 aromatic heterocycles. The Morgan fingerprint density at radius 1 is 1.46 bits per heavy atom. The van der Waals surface area contributed by atoms with Crippen LogP contribution in [-0.4, -0.2) is 47.8 Å². The van der Waals surface area contributed by atoms with Crippen LogP contribution in [0.2, 0.25) is 0 Å². The van der Waals surface area contributed by atoms with Crippen molar-refractivity contribution in [2.75, 3.05) is 25.1 Å². The van der Waals surface area contributed by atoms with Gasteiger partial charge in [-0.1, -0.05) is 0 Å². The minimum atomic E-state index is -0.345. The zero-order chi connectivity index (χ0) is 18.4. The maximum absolute atomic E-state index is 12.4. The number of ether oxygens (including phenoxy) is 3. The third-order valence-electron chi connectivity index (χ3n) is 3.58. The Balaban J connectivity index is 1.59. The van der Waals surface area contributed by atoms with Crippen molar-refractivity contribution in [1.29, 1.82) is 0 Å². The lowest BCUT2D eigenvalue weighted by Gasteiger charge is -2.11. The van der Waals surface area contributed by atoms with Crippen LogP contribution >= 0.6 is 11.3 Å². The van der Waals surface area contributed by atoms with E-state index in [4.69, 9.17) is 14.2 Å². The van der Waals surface area contributed by atoms with E-state index in [-0.39, 0.29) is 24.4 Å². The fraction of sp³-hybridized carbons (Fsp3) is 0.412. The molecule has 1 aliphatic rings. The van der Waals surface area contributed by atoms with E-state index in [0.717, 1.165) is 6.42 Å². The second-order valence-electron chi connectivity index (χ2n) is 5.57. The Labute approximate surface area is 154 Å². The summed E-state index contributed by atoms with van der Waals surface area (Å²) in [5.74, 6) is -0.283. The lowest BCUT2D eigenvalue weighted by atomic mass is 10.2. The molecule has 1 amide bonds. The van der Waals surface area contributed by atoms with Gasteiger partial charge in [-0.05, 0) is 13.0 Å². The van der Waals surface area contributed by atoms with Gasteiger partial charge in [-0.15, -0.1) is 11.3 Å². The third-order valence-corrected chi connectivity index (χ3v) is 4.38. The van der Waals surface area contributed by atoms with Crippen LogP contribution in [0.5, 0.6) is 5.88 Å². The van der Waals surface area contributed by atoms with Gasteiger partial charge in [-0.25, -0.2) is 9.97 Å². The smallest absolute Gasteiger partial charge is 0.311 e. The number of anilines is 1. The number of amides is 1. The van der Waals surface area contributed by atoms with Crippen molar-refractivity contribution in [1.82, 2.24) is 9.97 Å². The van der Waals surface area contributed by atoms with Crippen LogP contribution in [0.4, 0.5) is 5.13 Å². The molecule has 3 heterocycles. The van der Waals surface area contributed by atoms with E-state index in [0.29, 0.717) is 42.1 Å². The van der Waals surface area contributed by atoms with Gasteiger partial charge >= 0.3 is 5.97 Å². The molecule has 1 N–H and O–H groups in total. The van der Waals surface area contributed by atoms with Gasteiger partial charge in [0.2, 0.25) is 5.88 Å². The van der Waals surface area contributed by atoms with Crippen LogP contribution in [0.1, 0.15) is 29.4 Å². The number of nitrogens with zero attached hydrogens (tertiary/aromatic N) is 2. The lowest BCUT2D eigenvalue weighted by Crippen LogP contribution is -2.17. The van der Waals surface area contributed by atoms with E-state index in [1.165, 1.54) is 17.5 Å². The minimum Gasteiger partial charge on any atom is -0.472 e. The number of carbonyl (C=O) groups excluding carboxylic acids is 2. The van der Waals surface area contributed by atoms with Crippen molar-refractivity contribution < 1.29 is 23.8 Å². The molecule has 0 spiro atoms. The summed E-state index contributed by atoms with van der Waals surface area (Å²) in [6, 6.07) is 3.18. The van der Waals surface area contributed by atoms with Crippen molar-refractivity contribution >= 4 is 28.3 Å². The van der Waals surface area contributed by atoms with Gasteiger partial charge in [0, 0.05) is 29.6 Å². The first-order valence-corrected chi connectivity index (χ1v) is 9.14. The van der Waals surface area contributed by atoms with Gasteiger partial charge in [-0.3, -0.25) is 14.9 Å². The molecular formula is C17H19N3O5S. The van der Waals surface area contributed by atoms with Crippen LogP contribution in [0.3, 0.4) is 0 Å². The molecule has 0 aliphatic carbocycles. The molecule has 1 aliphatic heterocycles. The number of nitrogens with one attached hydrogen (secondary N) is 1. The summed E-state index contributed by atoms with van der Waals surface area (Å²) < 4.78 is 15.8. The molecule has 1 saturated heterocycles. The summed E-state index contributed by atoms with van der Waals surface area (Å²) in [6.07, 6.45) is 2.37. The van der Waals surface area contributed by atoms with Crippen LogP contribution < -0.4 is 10.1 Å². The van der Waals surface area contributed by atoms with Gasteiger partial charge < -0.3 is 14.2 Å². The minimum absolute atomic E-state index is 0.0368. The molecule has 0 bridgehead atoms. The lowest BCUT2D eigenvalue weighted by molar-refractivity contribution is -0.142. The van der Waals surface area contributed by atoms with E-state index in [1.54, 1.807) is 24.4 Å². The summed E-state index contributed by atoms with van der Waals surface area (Å²) in [4.78, 5) is 32.2. The highest BCUT2D eigenvalue weighted by Gasteiger charge is 2.18. The van der Waals surface area contributed by atoms with E-state index in [1.807, 2.05) is 0 Å². The number of pyridine rings is 1. The number of hydrogen-bond acceptors (Lipinski definition) is 8. The topological polar surface area (TPSA) is 99.6 Å². The predicted octanol–water partition coefficient (Wildman–Crippen LogP) is 2.06. The first kappa shape index (κ1) is 18.3. The summed E-state index contributed by atoms with van der Waals surface area (Å²) >= 11 is 1.25. The molecule has 8 nitrogen and oxygen atoms in total. The molecule has 1 atom stereocenters. The standard InChI is InChI=1S/C17H19N3O5S/c1-2-24-15(21)8-12-10-26-17(19-12)20-16(22)11-3-5-18-14(7-11)25-13-4-6-23-9-13/h3,5,7,10,13H,2,4,6,8-9H2,1H3,(H,19,20,22)/t13-/m1/s1. The third kappa shape index (κ3) is 4.99. The number of rotatable bonds is 7.